The fourth-order valence-corrected chi connectivity index (χ4v) is 13.9. The number of nitrogens with zero attached hydrogens (tertiary/aromatic N) is 2. The lowest BCUT2D eigenvalue weighted by molar-refractivity contribution is 0.0238. The molecule has 4 aliphatic carbocycles. The summed E-state index contributed by atoms with van der Waals surface area (Å²) < 4.78 is 2.42. The van der Waals surface area contributed by atoms with Gasteiger partial charge in [-0.1, -0.05) is 147 Å². The van der Waals surface area contributed by atoms with Gasteiger partial charge in [-0.15, -0.1) is 0 Å². The van der Waals surface area contributed by atoms with Gasteiger partial charge in [-0.3, -0.25) is 0 Å². The predicted molar refractivity (Wildman–Crippen MR) is 257 cm³/mol. The number of para-hydroxylation sites is 3. The molecule has 13 rings (SSSR count). The molecule has 4 aliphatic rings. The van der Waals surface area contributed by atoms with Gasteiger partial charge in [0, 0.05) is 38.9 Å². The molecule has 0 N–H and O–H groups in total. The van der Waals surface area contributed by atoms with E-state index in [9.17, 15) is 0 Å². The Labute approximate surface area is 365 Å². The lowest BCUT2D eigenvalue weighted by atomic mass is 9.41. The van der Waals surface area contributed by atoms with Crippen LogP contribution in [-0.4, -0.2) is 4.57 Å². The third-order valence-electron chi connectivity index (χ3n) is 15.8. The third kappa shape index (κ3) is 4.76. The number of benzene rings is 8. The van der Waals surface area contributed by atoms with E-state index in [1.54, 1.807) is 11.1 Å². The second-order valence-electron chi connectivity index (χ2n) is 19.1. The van der Waals surface area contributed by atoms with E-state index < -0.39 is 5.41 Å². The van der Waals surface area contributed by atoms with Gasteiger partial charge >= 0.3 is 0 Å². The second-order valence-corrected chi connectivity index (χ2v) is 19.1. The molecular formula is C60H50N2. The van der Waals surface area contributed by atoms with Gasteiger partial charge < -0.3 is 9.47 Å². The summed E-state index contributed by atoms with van der Waals surface area (Å²) >= 11 is 0. The normalized spacial score (nSPS) is 22.6. The number of hydrogen-bond acceptors (Lipinski definition) is 1. The molecule has 0 unspecified atom stereocenters. The van der Waals surface area contributed by atoms with Gasteiger partial charge in [-0.05, 0) is 155 Å². The molecule has 2 heteroatoms. The zero-order chi connectivity index (χ0) is 41.2. The molecule has 0 atom stereocenters. The fraction of sp³-hybridized carbons (Fsp3) is 0.200. The van der Waals surface area contributed by atoms with Gasteiger partial charge in [-0.2, -0.15) is 0 Å². The number of anilines is 3. The Hall–Kier alpha value is -6.64. The summed E-state index contributed by atoms with van der Waals surface area (Å²) in [4.78, 5) is 2.50. The van der Waals surface area contributed by atoms with E-state index in [1.165, 1.54) is 86.6 Å². The summed E-state index contributed by atoms with van der Waals surface area (Å²) in [6, 6.07) is 73.9. The van der Waals surface area contributed by atoms with Gasteiger partial charge in [0.25, 0.3) is 0 Å². The van der Waals surface area contributed by atoms with Crippen molar-refractivity contribution in [3.8, 4) is 16.8 Å². The zero-order valence-electron chi connectivity index (χ0n) is 35.5. The summed E-state index contributed by atoms with van der Waals surface area (Å²) in [5.74, 6) is 2.66. The Kier molecular flexibility index (Phi) is 7.81. The van der Waals surface area contributed by atoms with Gasteiger partial charge in [0.15, 0.2) is 0 Å². The van der Waals surface area contributed by atoms with E-state index in [-0.39, 0.29) is 5.41 Å². The van der Waals surface area contributed by atoms with Gasteiger partial charge in [0.05, 0.1) is 16.4 Å². The van der Waals surface area contributed by atoms with Crippen molar-refractivity contribution in [1.29, 1.82) is 0 Å². The van der Waals surface area contributed by atoms with Gasteiger partial charge in [0.2, 0.25) is 0 Å². The smallest absolute Gasteiger partial charge is 0.0720 e. The van der Waals surface area contributed by atoms with E-state index in [0.717, 1.165) is 28.9 Å². The summed E-state index contributed by atoms with van der Waals surface area (Å²) in [6.45, 7) is 5.05. The highest BCUT2D eigenvalue weighted by Gasteiger charge is 2.62. The molecule has 0 radical (unpaired) electrons. The van der Waals surface area contributed by atoms with Crippen LogP contribution < -0.4 is 4.90 Å². The minimum atomic E-state index is -0.452. The monoisotopic (exact) mass is 798 g/mol. The number of fused-ring (bicyclic) bond motifs is 12. The molecule has 62 heavy (non-hydrogen) atoms. The van der Waals surface area contributed by atoms with Crippen LogP contribution in [0, 0.1) is 23.7 Å². The van der Waals surface area contributed by atoms with Crippen LogP contribution in [0.4, 0.5) is 17.1 Å². The Morgan fingerprint density at radius 1 is 0.403 bits per heavy atom. The van der Waals surface area contributed by atoms with E-state index in [4.69, 9.17) is 0 Å². The molecule has 1 heterocycles. The van der Waals surface area contributed by atoms with Crippen LogP contribution in [0.25, 0.3) is 38.6 Å². The van der Waals surface area contributed by atoms with Crippen molar-refractivity contribution in [2.45, 2.75) is 50.4 Å². The van der Waals surface area contributed by atoms with Gasteiger partial charge in [-0.25, -0.2) is 0 Å². The first-order valence-electron chi connectivity index (χ1n) is 22.9. The summed E-state index contributed by atoms with van der Waals surface area (Å²) in [6.07, 6.45) is 5.13. The lowest BCUT2D eigenvalue weighted by Crippen LogP contribution is -2.56. The first kappa shape index (κ1) is 36.1. The van der Waals surface area contributed by atoms with E-state index >= 15 is 0 Å². The average molecular weight is 799 g/mol. The van der Waals surface area contributed by atoms with Crippen molar-refractivity contribution >= 4 is 38.9 Å². The highest BCUT2D eigenvalue weighted by molar-refractivity contribution is 6.09. The Bertz CT molecular complexity index is 3080. The molecule has 2 spiro atoms. The van der Waals surface area contributed by atoms with Crippen molar-refractivity contribution in [2.75, 3.05) is 4.90 Å². The maximum atomic E-state index is 2.64. The maximum absolute atomic E-state index is 2.64. The second kappa shape index (κ2) is 13.4. The van der Waals surface area contributed by atoms with Gasteiger partial charge in [0.1, 0.15) is 0 Å². The molecule has 1 aromatic heterocycles. The fourth-order valence-electron chi connectivity index (χ4n) is 13.9. The van der Waals surface area contributed by atoms with Crippen molar-refractivity contribution in [1.82, 2.24) is 4.57 Å². The minimum Gasteiger partial charge on any atom is -0.310 e. The molecule has 0 saturated heterocycles. The van der Waals surface area contributed by atoms with Crippen molar-refractivity contribution in [3.63, 3.8) is 0 Å². The standard InChI is InChI=1S/C60H50N2/c1-39-34-41-36-40(2)37-42(35-39)59(41)53-24-12-13-25-54(53)60(51-22-10-6-18-47(51)48-19-7-11-23-52(48)60)56-38-46(32-33-55(56)59)61(43-16-4-3-5-17-43)44-28-30-45(31-29-44)62-57-26-14-8-20-49(57)50-21-9-15-27-58(50)62/h3-33,38-42H,34-37H2,1-2H3/t39-,40+,41+,42-,59?. The largest absolute Gasteiger partial charge is 0.310 e. The van der Waals surface area contributed by atoms with Crippen molar-refractivity contribution < 1.29 is 0 Å². The molecule has 300 valence electrons. The molecule has 9 aromatic rings. The molecule has 8 aromatic carbocycles. The quantitative estimate of drug-likeness (QED) is 0.172. The number of hydrogen-bond donors (Lipinski definition) is 0. The highest BCUT2D eigenvalue weighted by Crippen LogP contribution is 2.69. The van der Waals surface area contributed by atoms with Crippen LogP contribution in [0.2, 0.25) is 0 Å². The van der Waals surface area contributed by atoms with E-state index in [0.29, 0.717) is 11.8 Å². The van der Waals surface area contributed by atoms with Crippen LogP contribution in [0.5, 0.6) is 0 Å². The summed E-state index contributed by atoms with van der Waals surface area (Å²) in [7, 11) is 0. The van der Waals surface area contributed by atoms with Crippen LogP contribution >= 0.6 is 0 Å². The number of rotatable bonds is 4. The third-order valence-corrected chi connectivity index (χ3v) is 15.8. The molecule has 0 amide bonds. The number of aromatic nitrogens is 1. The van der Waals surface area contributed by atoms with Crippen LogP contribution in [0.1, 0.15) is 72.9 Å². The van der Waals surface area contributed by atoms with E-state index in [2.05, 4.69) is 217 Å². The van der Waals surface area contributed by atoms with E-state index in [1.807, 2.05) is 0 Å². The van der Waals surface area contributed by atoms with Crippen LogP contribution in [-0.2, 0) is 10.8 Å². The topological polar surface area (TPSA) is 8.17 Å². The molecular weight excluding hydrogens is 749 g/mol. The molecule has 2 fully saturated rings. The molecule has 0 aliphatic heterocycles. The van der Waals surface area contributed by atoms with Crippen LogP contribution in [0.15, 0.2) is 194 Å². The molecule has 2 bridgehead atoms. The SMILES string of the molecule is C[C@H]1C[C@@H]2C[C@@H](C)C[C@H](C1)C21c2ccccc2C2(c3ccccc3-c3ccccc32)c2cc(N(c3ccccc3)c3ccc(-n4c5ccccc5c5ccccc54)cc3)ccc21. The zero-order valence-corrected chi connectivity index (χ0v) is 35.5. The minimum absolute atomic E-state index is 0.0389. The lowest BCUT2D eigenvalue weighted by Gasteiger charge is -2.61. The predicted octanol–water partition coefficient (Wildman–Crippen LogP) is 15.3. The summed E-state index contributed by atoms with van der Waals surface area (Å²) in [5, 5.41) is 2.56. The average Bonchev–Trinajstić information content (AvgIpc) is 3.80. The molecule has 2 saturated carbocycles. The maximum Gasteiger partial charge on any atom is 0.0720 e. The highest BCUT2D eigenvalue weighted by atomic mass is 15.1. The Morgan fingerprint density at radius 3 is 1.45 bits per heavy atom. The van der Waals surface area contributed by atoms with Crippen LogP contribution in [0.3, 0.4) is 0 Å². The molecule has 2 nitrogen and oxygen atoms in total. The Balaban J connectivity index is 1.07. The van der Waals surface area contributed by atoms with Crippen molar-refractivity contribution in [2.24, 2.45) is 23.7 Å². The first-order chi connectivity index (χ1) is 30.6. The summed E-state index contributed by atoms with van der Waals surface area (Å²) in [5.41, 5.74) is 18.2. The van der Waals surface area contributed by atoms with Crippen molar-refractivity contribution in [3.05, 3.63) is 228 Å². The Morgan fingerprint density at radius 2 is 0.855 bits per heavy atom. The first-order valence-corrected chi connectivity index (χ1v) is 22.9.